The first-order valence-corrected chi connectivity index (χ1v) is 12.0. The van der Waals surface area contributed by atoms with Crippen LogP contribution in [0, 0.1) is 0 Å². The topological polar surface area (TPSA) is 70.0 Å². The van der Waals surface area contributed by atoms with Gasteiger partial charge in [0.15, 0.2) is 0 Å². The van der Waals surface area contributed by atoms with Crippen LogP contribution in [0.3, 0.4) is 0 Å². The van der Waals surface area contributed by atoms with Crippen molar-refractivity contribution in [1.82, 2.24) is 0 Å². The molecular formula is C28H25F6NO4. The lowest BCUT2D eigenvalue weighted by Crippen LogP contribution is -2.54. The predicted octanol–water partition coefficient (Wildman–Crippen LogP) is 6.23. The van der Waals surface area contributed by atoms with E-state index in [9.17, 15) is 41.4 Å². The van der Waals surface area contributed by atoms with Gasteiger partial charge in [-0.15, -0.1) is 0 Å². The van der Waals surface area contributed by atoms with Gasteiger partial charge in [0.25, 0.3) is 5.60 Å². The summed E-state index contributed by atoms with van der Waals surface area (Å²) in [6.45, 7) is 1.59. The first-order chi connectivity index (χ1) is 18.2. The predicted molar refractivity (Wildman–Crippen MR) is 131 cm³/mol. The molecule has 0 radical (unpaired) electrons. The number of hydrogen-bond acceptors (Lipinski definition) is 4. The third kappa shape index (κ3) is 5.54. The molecule has 2 atom stereocenters. The fraction of sp³-hybridized carbons (Fsp3) is 0.321. The molecule has 0 saturated heterocycles. The normalized spacial score (nSPS) is 17.2. The maximum Gasteiger partial charge on any atom is 0.430 e. The van der Waals surface area contributed by atoms with E-state index < -0.39 is 41.4 Å². The lowest BCUT2D eigenvalue weighted by Gasteiger charge is -2.34. The number of carbonyl (C=O) groups is 1. The Balaban J connectivity index is 1.77. The highest BCUT2D eigenvalue weighted by Crippen LogP contribution is 2.51. The van der Waals surface area contributed by atoms with E-state index in [1.807, 2.05) is 0 Å². The van der Waals surface area contributed by atoms with Gasteiger partial charge in [0.05, 0.1) is 12.5 Å². The Kier molecular flexibility index (Phi) is 7.57. The smallest absolute Gasteiger partial charge is 0.430 e. The second kappa shape index (κ2) is 10.4. The minimum Gasteiger partial charge on any atom is -0.508 e. The second-order valence-electron chi connectivity index (χ2n) is 9.41. The summed E-state index contributed by atoms with van der Waals surface area (Å²) in [5, 5.41) is 19.7. The summed E-state index contributed by atoms with van der Waals surface area (Å²) in [4.78, 5) is 15.0. The molecule has 1 aliphatic rings. The van der Waals surface area contributed by atoms with Crippen molar-refractivity contribution in [2.45, 2.75) is 49.7 Å². The molecule has 1 aliphatic heterocycles. The Hall–Kier alpha value is -3.73. The fourth-order valence-corrected chi connectivity index (χ4v) is 4.64. The van der Waals surface area contributed by atoms with E-state index in [1.54, 1.807) is 43.3 Å². The molecule has 2 N–H and O–H groups in total. The fourth-order valence-electron chi connectivity index (χ4n) is 4.64. The molecule has 3 aromatic rings. The highest BCUT2D eigenvalue weighted by molar-refractivity contribution is 5.98. The number of fused-ring (bicyclic) bond motifs is 1. The second-order valence-corrected chi connectivity index (χ2v) is 9.41. The van der Waals surface area contributed by atoms with Gasteiger partial charge in [0.2, 0.25) is 5.91 Å². The Bertz CT molecular complexity index is 1310. The number of anilines is 1. The summed E-state index contributed by atoms with van der Waals surface area (Å²) < 4.78 is 87.3. The zero-order chi connectivity index (χ0) is 28.6. The van der Waals surface area contributed by atoms with E-state index in [2.05, 4.69) is 0 Å². The van der Waals surface area contributed by atoms with E-state index in [1.165, 1.54) is 23.1 Å². The zero-order valence-electron chi connectivity index (χ0n) is 20.6. The van der Waals surface area contributed by atoms with Crippen LogP contribution < -0.4 is 9.64 Å². The van der Waals surface area contributed by atoms with Crippen molar-refractivity contribution in [1.29, 1.82) is 0 Å². The Morgan fingerprint density at radius 3 is 2.23 bits per heavy atom. The molecule has 11 heteroatoms. The number of hydrogen-bond donors (Lipinski definition) is 2. The van der Waals surface area contributed by atoms with E-state index in [0.29, 0.717) is 17.7 Å². The van der Waals surface area contributed by atoms with Crippen LogP contribution in [0.1, 0.15) is 36.0 Å². The minimum atomic E-state index is -6.04. The van der Waals surface area contributed by atoms with Gasteiger partial charge in [0.1, 0.15) is 17.6 Å². The van der Waals surface area contributed by atoms with Crippen molar-refractivity contribution in [2.24, 2.45) is 0 Å². The van der Waals surface area contributed by atoms with Crippen molar-refractivity contribution < 1.29 is 46.1 Å². The first kappa shape index (κ1) is 28.3. The van der Waals surface area contributed by atoms with E-state index in [-0.39, 0.29) is 42.1 Å². The largest absolute Gasteiger partial charge is 0.508 e. The number of nitrogens with zero attached hydrogens (tertiary/aromatic N) is 1. The molecule has 0 unspecified atom stereocenters. The van der Waals surface area contributed by atoms with Crippen molar-refractivity contribution in [3.8, 4) is 11.5 Å². The molecular weight excluding hydrogens is 528 g/mol. The average Bonchev–Trinajstić information content (AvgIpc) is 3.05. The van der Waals surface area contributed by atoms with E-state index in [0.717, 1.165) is 6.07 Å². The Morgan fingerprint density at radius 2 is 1.62 bits per heavy atom. The number of halogens is 6. The van der Waals surface area contributed by atoms with Crippen molar-refractivity contribution >= 4 is 11.6 Å². The van der Waals surface area contributed by atoms with E-state index >= 15 is 0 Å². The summed E-state index contributed by atoms with van der Waals surface area (Å²) in [6.07, 6.45) is -12.7. The number of amides is 1. The molecule has 39 heavy (non-hydrogen) atoms. The van der Waals surface area contributed by atoms with Crippen LogP contribution in [0.15, 0.2) is 72.8 Å². The highest BCUT2D eigenvalue weighted by atomic mass is 19.4. The SMILES string of the molecule is C[C@H](C(=O)N1C[C@@H](Oc2cccc(O)c2)CCc2cc(C(O)(C(F)(F)F)C(F)(F)F)ccc21)c1ccccc1. The maximum absolute atomic E-state index is 13.7. The standard InChI is InChI=1S/C28H25F6NO4/c1-17(18-6-3-2-4-7-18)25(37)35-16-23(39-22-9-5-8-21(36)15-22)12-10-19-14-20(11-13-24(19)35)26(38,27(29,30)31)28(32,33)34/h2-9,11,13-15,17,23,36,38H,10,12,16H2,1H3/t17-,23-/m0/s1. The van der Waals surface area contributed by atoms with Crippen LogP contribution in [-0.2, 0) is 16.8 Å². The van der Waals surface area contributed by atoms with Crippen LogP contribution in [-0.4, -0.2) is 41.1 Å². The third-order valence-corrected chi connectivity index (χ3v) is 6.79. The molecule has 5 nitrogen and oxygen atoms in total. The third-order valence-electron chi connectivity index (χ3n) is 6.79. The number of carbonyl (C=O) groups excluding carboxylic acids is 1. The number of alkyl halides is 6. The van der Waals surface area contributed by atoms with Crippen molar-refractivity contribution in [2.75, 3.05) is 11.4 Å². The molecule has 0 aliphatic carbocycles. The number of phenolic OH excluding ortho intramolecular Hbond substituents is 1. The molecule has 1 amide bonds. The number of aryl methyl sites for hydroxylation is 1. The van der Waals surface area contributed by atoms with Crippen LogP contribution in [0.5, 0.6) is 11.5 Å². The lowest BCUT2D eigenvalue weighted by atomic mass is 9.89. The summed E-state index contributed by atoms with van der Waals surface area (Å²) in [7, 11) is 0. The molecule has 4 rings (SSSR count). The van der Waals surface area contributed by atoms with Gasteiger partial charge in [0, 0.05) is 17.3 Å². The van der Waals surface area contributed by atoms with Crippen LogP contribution in [0.4, 0.5) is 32.0 Å². The molecule has 0 saturated carbocycles. The first-order valence-electron chi connectivity index (χ1n) is 12.0. The van der Waals surface area contributed by atoms with Gasteiger partial charge in [-0.1, -0.05) is 48.5 Å². The Morgan fingerprint density at radius 1 is 0.949 bits per heavy atom. The molecule has 0 aromatic heterocycles. The highest BCUT2D eigenvalue weighted by Gasteiger charge is 2.71. The summed E-state index contributed by atoms with van der Waals surface area (Å²) >= 11 is 0. The van der Waals surface area contributed by atoms with Crippen LogP contribution in [0.25, 0.3) is 0 Å². The molecule has 3 aromatic carbocycles. The number of aliphatic hydroxyl groups is 1. The molecule has 0 fully saturated rings. The lowest BCUT2D eigenvalue weighted by molar-refractivity contribution is -0.376. The monoisotopic (exact) mass is 553 g/mol. The molecule has 1 heterocycles. The van der Waals surface area contributed by atoms with Gasteiger partial charge in [-0.05, 0) is 49.1 Å². The number of aromatic hydroxyl groups is 1. The number of rotatable bonds is 5. The summed E-state index contributed by atoms with van der Waals surface area (Å²) in [5.74, 6) is -0.930. The van der Waals surface area contributed by atoms with Gasteiger partial charge in [-0.3, -0.25) is 4.79 Å². The number of phenols is 1. The average molecular weight is 553 g/mol. The summed E-state index contributed by atoms with van der Waals surface area (Å²) in [5.41, 5.74) is -5.67. The van der Waals surface area contributed by atoms with Gasteiger partial charge in [-0.25, -0.2) is 0 Å². The van der Waals surface area contributed by atoms with Crippen LogP contribution >= 0.6 is 0 Å². The number of ether oxygens (including phenoxy) is 1. The van der Waals surface area contributed by atoms with E-state index in [4.69, 9.17) is 4.74 Å². The number of benzene rings is 3. The van der Waals surface area contributed by atoms with Crippen molar-refractivity contribution in [3.05, 3.63) is 89.5 Å². The molecule has 0 spiro atoms. The molecule has 208 valence electrons. The van der Waals surface area contributed by atoms with Gasteiger partial charge >= 0.3 is 12.4 Å². The van der Waals surface area contributed by atoms with Gasteiger partial charge in [-0.2, -0.15) is 26.3 Å². The van der Waals surface area contributed by atoms with Crippen molar-refractivity contribution in [3.63, 3.8) is 0 Å². The Labute approximate surface area is 220 Å². The van der Waals surface area contributed by atoms with Gasteiger partial charge < -0.3 is 19.8 Å². The van der Waals surface area contributed by atoms with Crippen LogP contribution in [0.2, 0.25) is 0 Å². The maximum atomic E-state index is 13.7. The minimum absolute atomic E-state index is 0.0232. The summed E-state index contributed by atoms with van der Waals surface area (Å²) in [6, 6.07) is 16.8. The quantitative estimate of drug-likeness (QED) is 0.368. The zero-order valence-corrected chi connectivity index (χ0v) is 20.6. The molecule has 0 bridgehead atoms.